The van der Waals surface area contributed by atoms with Crippen LogP contribution in [0.3, 0.4) is 0 Å². The first-order chi connectivity index (χ1) is 28.7. The van der Waals surface area contributed by atoms with E-state index in [2.05, 4.69) is 6.07 Å². The zero-order chi connectivity index (χ0) is 40.5. The van der Waals surface area contributed by atoms with E-state index in [-0.39, 0.29) is 58.0 Å². The second-order valence-corrected chi connectivity index (χ2v) is 13.1. The molecule has 242 valence electrons. The molecule has 0 fully saturated rings. The minimum atomic E-state index is -0.398. The molecule has 0 saturated heterocycles. The highest BCUT2D eigenvalue weighted by Gasteiger charge is 2.20. The summed E-state index contributed by atoms with van der Waals surface area (Å²) < 4.78 is 67.5. The fraction of sp³-hybridized carbons (Fsp3) is 0. The molecule has 0 saturated carbocycles. The smallest absolute Gasteiger partial charge is 0.0622 e. The van der Waals surface area contributed by atoms with Crippen LogP contribution in [0.15, 0.2) is 206 Å². The van der Waals surface area contributed by atoms with Crippen LogP contribution in [0.1, 0.15) is 9.60 Å². The first-order valence-electron chi connectivity index (χ1n) is 20.9. The molecule has 0 N–H and O–H groups in total. The van der Waals surface area contributed by atoms with Gasteiger partial charge in [-0.05, 0) is 123 Å². The van der Waals surface area contributed by atoms with Crippen molar-refractivity contribution in [1.82, 2.24) is 0 Å². The number of benzene rings is 10. The maximum absolute atomic E-state index is 10.3. The van der Waals surface area contributed by atoms with Gasteiger partial charge < -0.3 is 0 Å². The van der Waals surface area contributed by atoms with E-state index in [9.17, 15) is 6.85 Å². The van der Waals surface area contributed by atoms with E-state index in [1.165, 1.54) is 0 Å². The maximum atomic E-state index is 10.3. The molecule has 0 aromatic heterocycles. The molecule has 52 heavy (non-hydrogen) atoms. The van der Waals surface area contributed by atoms with Crippen molar-refractivity contribution in [2.75, 3.05) is 0 Å². The van der Waals surface area contributed by atoms with Crippen molar-refractivity contribution in [2.45, 2.75) is 0 Å². The van der Waals surface area contributed by atoms with Crippen molar-refractivity contribution >= 4 is 43.1 Å². The van der Waals surface area contributed by atoms with Gasteiger partial charge in [-0.3, -0.25) is 0 Å². The van der Waals surface area contributed by atoms with Crippen molar-refractivity contribution in [2.24, 2.45) is 0 Å². The molecule has 10 rings (SSSR count). The fourth-order valence-electron chi connectivity index (χ4n) is 7.66. The molecule has 0 aliphatic heterocycles. The highest BCUT2D eigenvalue weighted by atomic mass is 14.2. The SMILES string of the molecule is [2H]c1c([2H])c([2H])c2c(-c3cccc4ccccc34)c3c([2H])c(-c4cccc5ccccc45)c([2H])c([2H])c3c(-c3cc(-c4ccccc4)cc(-c4ccccc4)c3)c2c1[2H]. The van der Waals surface area contributed by atoms with Gasteiger partial charge in [-0.1, -0.05) is 182 Å². The maximum Gasteiger partial charge on any atom is 0.0636 e. The van der Waals surface area contributed by atoms with E-state index in [1.807, 2.05) is 158 Å². The van der Waals surface area contributed by atoms with E-state index in [1.54, 1.807) is 0 Å². The lowest BCUT2D eigenvalue weighted by atomic mass is 9.82. The lowest BCUT2D eigenvalue weighted by Gasteiger charge is -2.21. The van der Waals surface area contributed by atoms with Gasteiger partial charge in [0.05, 0.1) is 9.60 Å². The van der Waals surface area contributed by atoms with Crippen LogP contribution in [0, 0.1) is 0 Å². The van der Waals surface area contributed by atoms with E-state index in [0.29, 0.717) is 33.2 Å². The summed E-state index contributed by atoms with van der Waals surface area (Å²) in [5.74, 6) is 0. The summed E-state index contributed by atoms with van der Waals surface area (Å²) in [4.78, 5) is 0. The quantitative estimate of drug-likeness (QED) is 0.161. The van der Waals surface area contributed by atoms with Crippen LogP contribution in [0.4, 0.5) is 0 Å². The number of hydrogen-bond acceptors (Lipinski definition) is 0. The Morgan fingerprint density at radius 1 is 0.288 bits per heavy atom. The molecular formula is C52H34. The average molecular weight is 666 g/mol. The van der Waals surface area contributed by atoms with Crippen molar-refractivity contribution in [3.05, 3.63) is 206 Å². The van der Waals surface area contributed by atoms with E-state index in [0.717, 1.165) is 43.8 Å². The van der Waals surface area contributed by atoms with Crippen LogP contribution in [-0.2, 0) is 0 Å². The van der Waals surface area contributed by atoms with E-state index >= 15 is 0 Å². The molecule has 0 atom stereocenters. The molecule has 0 heteroatoms. The summed E-state index contributed by atoms with van der Waals surface area (Å²) in [5.41, 5.74) is 6.68. The van der Waals surface area contributed by atoms with Crippen molar-refractivity contribution in [1.29, 1.82) is 0 Å². The normalized spacial score (nSPS) is 13.3. The fourth-order valence-corrected chi connectivity index (χ4v) is 7.66. The summed E-state index contributed by atoms with van der Waals surface area (Å²) in [6, 6.07) is 51.8. The van der Waals surface area contributed by atoms with Crippen LogP contribution >= 0.6 is 0 Å². The van der Waals surface area contributed by atoms with Gasteiger partial charge in [0.1, 0.15) is 0 Å². The third-order valence-electron chi connectivity index (χ3n) is 10.1. The molecule has 0 nitrogen and oxygen atoms in total. The monoisotopic (exact) mass is 665 g/mol. The van der Waals surface area contributed by atoms with E-state index < -0.39 is 6.04 Å². The molecule has 0 unspecified atom stereocenters. The molecule has 0 aliphatic rings. The summed E-state index contributed by atoms with van der Waals surface area (Å²) in [6.07, 6.45) is 0. The first kappa shape index (κ1) is 23.6. The molecule has 0 heterocycles. The highest BCUT2D eigenvalue weighted by Crippen LogP contribution is 2.47. The standard InChI is InChI=1S/C52H34/c1-3-15-35(16-4-1)40-31-41(36-17-5-2-6-18-36)33-42(32-40)51-47-25-11-12-26-48(47)52(46-28-14-22-38-20-8-10-24-44(38)46)50-34-39(29-30-49(50)51)45-27-13-21-37-19-7-9-23-43(37)45/h1-34H/i11D,12D,25D,26D,29D,30D,34D. The molecule has 10 aromatic rings. The van der Waals surface area contributed by atoms with Gasteiger partial charge in [0.25, 0.3) is 0 Å². The largest absolute Gasteiger partial charge is 0.0636 e. The Labute approximate surface area is 313 Å². The molecular weight excluding hydrogens is 625 g/mol. The zero-order valence-electron chi connectivity index (χ0n) is 35.1. The minimum Gasteiger partial charge on any atom is -0.0622 e. The zero-order valence-corrected chi connectivity index (χ0v) is 28.1. The predicted octanol–water partition coefficient (Wildman–Crippen LogP) is 14.6. The lowest BCUT2D eigenvalue weighted by molar-refractivity contribution is 1.58. The van der Waals surface area contributed by atoms with Gasteiger partial charge >= 0.3 is 0 Å². The van der Waals surface area contributed by atoms with Gasteiger partial charge in [-0.25, -0.2) is 0 Å². The third kappa shape index (κ3) is 5.08. The van der Waals surface area contributed by atoms with Crippen LogP contribution in [-0.4, -0.2) is 0 Å². The number of rotatable bonds is 5. The Balaban J connectivity index is 1.49. The Morgan fingerprint density at radius 2 is 0.769 bits per heavy atom. The molecule has 10 aromatic carbocycles. The van der Waals surface area contributed by atoms with Crippen molar-refractivity contribution in [3.8, 4) is 55.6 Å². The summed E-state index contributed by atoms with van der Waals surface area (Å²) in [7, 11) is 0. The van der Waals surface area contributed by atoms with Crippen LogP contribution < -0.4 is 0 Å². The van der Waals surface area contributed by atoms with Gasteiger partial charge in [-0.15, -0.1) is 0 Å². The minimum absolute atomic E-state index is 0.0124. The molecule has 0 spiro atoms. The summed E-state index contributed by atoms with van der Waals surface area (Å²) in [5, 5.41) is 4.66. The second kappa shape index (κ2) is 12.5. The first-order valence-corrected chi connectivity index (χ1v) is 17.4. The van der Waals surface area contributed by atoms with Crippen molar-refractivity contribution < 1.29 is 9.60 Å². The Kier molecular flexibility index (Phi) is 5.69. The lowest BCUT2D eigenvalue weighted by Crippen LogP contribution is -1.94. The van der Waals surface area contributed by atoms with E-state index in [4.69, 9.17) is 2.74 Å². The number of fused-ring (bicyclic) bond motifs is 4. The van der Waals surface area contributed by atoms with Crippen molar-refractivity contribution in [3.63, 3.8) is 0 Å². The predicted molar refractivity (Wildman–Crippen MR) is 224 cm³/mol. The molecule has 0 bridgehead atoms. The topological polar surface area (TPSA) is 0 Å². The Hall–Kier alpha value is -6.76. The van der Waals surface area contributed by atoms with Gasteiger partial charge in [0.15, 0.2) is 0 Å². The summed E-state index contributed by atoms with van der Waals surface area (Å²) in [6.45, 7) is 0. The number of hydrogen-bond donors (Lipinski definition) is 0. The molecule has 0 aliphatic carbocycles. The molecule has 0 amide bonds. The second-order valence-electron chi connectivity index (χ2n) is 13.1. The van der Waals surface area contributed by atoms with Gasteiger partial charge in [0, 0.05) is 0 Å². The summed E-state index contributed by atoms with van der Waals surface area (Å²) >= 11 is 0. The van der Waals surface area contributed by atoms with Crippen LogP contribution in [0.25, 0.3) is 98.7 Å². The van der Waals surface area contributed by atoms with Gasteiger partial charge in [-0.2, -0.15) is 0 Å². The molecule has 0 radical (unpaired) electrons. The average Bonchev–Trinajstić information content (AvgIpc) is 3.29. The third-order valence-corrected chi connectivity index (χ3v) is 10.1. The van der Waals surface area contributed by atoms with Gasteiger partial charge in [0.2, 0.25) is 0 Å². The Bertz CT molecular complexity index is 3270. The van der Waals surface area contributed by atoms with Crippen LogP contribution in [0.5, 0.6) is 0 Å². The highest BCUT2D eigenvalue weighted by molar-refractivity contribution is 6.24. The van der Waals surface area contributed by atoms with Crippen LogP contribution in [0.2, 0.25) is 0 Å². The Morgan fingerprint density at radius 3 is 1.40 bits per heavy atom.